The summed E-state index contributed by atoms with van der Waals surface area (Å²) in [7, 11) is 0. The van der Waals surface area contributed by atoms with Crippen LogP contribution in [0, 0.1) is 11.3 Å². The molecule has 1 fully saturated rings. The second-order valence-electron chi connectivity index (χ2n) is 4.45. The number of halogens is 1. The van der Waals surface area contributed by atoms with E-state index in [1.807, 2.05) is 6.07 Å². The fraction of sp³-hybridized carbons (Fsp3) is 0.462. The van der Waals surface area contributed by atoms with Gasteiger partial charge in [-0.1, -0.05) is 17.7 Å². The number of aliphatic hydroxyl groups excluding tert-OH is 1. The first kappa shape index (κ1) is 12.4. The molecular formula is C13H15ClN2O. The molecule has 1 aliphatic rings. The van der Waals surface area contributed by atoms with Gasteiger partial charge in [0.05, 0.1) is 17.7 Å². The largest absolute Gasteiger partial charge is 0.392 e. The lowest BCUT2D eigenvalue weighted by Gasteiger charge is -2.30. The zero-order valence-corrected chi connectivity index (χ0v) is 10.3. The zero-order valence-electron chi connectivity index (χ0n) is 9.56. The molecule has 0 spiro atoms. The maximum atomic E-state index is 9.59. The van der Waals surface area contributed by atoms with Gasteiger partial charge in [0.2, 0.25) is 0 Å². The molecule has 90 valence electrons. The second-order valence-corrected chi connectivity index (χ2v) is 4.86. The van der Waals surface area contributed by atoms with Gasteiger partial charge in [-0.05, 0) is 37.1 Å². The third kappa shape index (κ3) is 3.19. The molecule has 1 aliphatic heterocycles. The number of β-amino-alcohol motifs (C(OH)–C–C–N with tert-alkyl or cyclic N) is 1. The summed E-state index contributed by atoms with van der Waals surface area (Å²) in [5.74, 6) is 0. The van der Waals surface area contributed by atoms with Crippen LogP contribution < -0.4 is 0 Å². The Bertz CT molecular complexity index is 442. The Balaban J connectivity index is 2.06. The van der Waals surface area contributed by atoms with E-state index in [0.29, 0.717) is 17.1 Å². The number of nitriles is 1. The molecular weight excluding hydrogens is 236 g/mol. The van der Waals surface area contributed by atoms with Gasteiger partial charge in [0.15, 0.2) is 0 Å². The molecule has 1 heterocycles. The molecule has 3 nitrogen and oxygen atoms in total. The highest BCUT2D eigenvalue weighted by Crippen LogP contribution is 2.21. The Morgan fingerprint density at radius 3 is 3.00 bits per heavy atom. The first-order valence-electron chi connectivity index (χ1n) is 5.78. The first-order chi connectivity index (χ1) is 8.19. The lowest BCUT2D eigenvalue weighted by Crippen LogP contribution is -2.37. The van der Waals surface area contributed by atoms with Crippen molar-refractivity contribution < 1.29 is 5.11 Å². The molecule has 0 aromatic heterocycles. The van der Waals surface area contributed by atoms with Crippen molar-refractivity contribution in [3.63, 3.8) is 0 Å². The quantitative estimate of drug-likeness (QED) is 0.875. The number of benzene rings is 1. The van der Waals surface area contributed by atoms with Crippen LogP contribution in [0.25, 0.3) is 0 Å². The molecule has 0 bridgehead atoms. The van der Waals surface area contributed by atoms with E-state index in [9.17, 15) is 5.11 Å². The maximum Gasteiger partial charge on any atom is 0.0992 e. The van der Waals surface area contributed by atoms with Crippen molar-refractivity contribution >= 4 is 11.6 Å². The van der Waals surface area contributed by atoms with Crippen LogP contribution in [0.15, 0.2) is 18.2 Å². The van der Waals surface area contributed by atoms with E-state index in [0.717, 1.165) is 31.5 Å². The molecule has 0 aliphatic carbocycles. The number of aliphatic hydroxyl groups is 1. The minimum atomic E-state index is -0.221. The Labute approximate surface area is 106 Å². The normalized spacial score (nSPS) is 21.1. The van der Waals surface area contributed by atoms with Gasteiger partial charge >= 0.3 is 0 Å². The number of hydrogen-bond acceptors (Lipinski definition) is 3. The van der Waals surface area contributed by atoms with Crippen LogP contribution in [0.5, 0.6) is 0 Å². The molecule has 0 amide bonds. The minimum absolute atomic E-state index is 0.221. The molecule has 0 saturated carbocycles. The number of nitrogens with zero attached hydrogens (tertiary/aromatic N) is 2. The molecule has 1 aromatic carbocycles. The van der Waals surface area contributed by atoms with E-state index in [-0.39, 0.29) is 6.10 Å². The molecule has 0 unspecified atom stereocenters. The van der Waals surface area contributed by atoms with E-state index in [1.54, 1.807) is 12.1 Å². The van der Waals surface area contributed by atoms with E-state index in [4.69, 9.17) is 16.9 Å². The molecule has 1 atom stereocenters. The van der Waals surface area contributed by atoms with Crippen LogP contribution in [0.4, 0.5) is 0 Å². The third-order valence-electron chi connectivity index (χ3n) is 3.06. The Kier molecular flexibility index (Phi) is 4.01. The summed E-state index contributed by atoms with van der Waals surface area (Å²) in [5.41, 5.74) is 1.59. The van der Waals surface area contributed by atoms with Crippen molar-refractivity contribution in [1.82, 2.24) is 4.90 Å². The average Bonchev–Trinajstić information content (AvgIpc) is 2.32. The zero-order chi connectivity index (χ0) is 12.3. The molecule has 17 heavy (non-hydrogen) atoms. The fourth-order valence-electron chi connectivity index (χ4n) is 2.16. The second kappa shape index (κ2) is 5.50. The Morgan fingerprint density at radius 2 is 2.35 bits per heavy atom. The number of likely N-dealkylation sites (tertiary alicyclic amines) is 1. The fourth-order valence-corrected chi connectivity index (χ4v) is 2.40. The SMILES string of the molecule is N#Cc1ccc(CN2CCC[C@H](O)C2)c(Cl)c1. The highest BCUT2D eigenvalue weighted by Gasteiger charge is 2.18. The van der Waals surface area contributed by atoms with Crippen LogP contribution >= 0.6 is 11.6 Å². The molecule has 1 saturated heterocycles. The van der Waals surface area contributed by atoms with Gasteiger partial charge in [-0.15, -0.1) is 0 Å². The third-order valence-corrected chi connectivity index (χ3v) is 3.41. The van der Waals surface area contributed by atoms with E-state index in [1.165, 1.54) is 0 Å². The maximum absolute atomic E-state index is 9.59. The lowest BCUT2D eigenvalue weighted by atomic mass is 10.1. The standard InChI is InChI=1S/C13H15ClN2O/c14-13-6-10(7-15)3-4-11(13)8-16-5-1-2-12(17)9-16/h3-4,6,12,17H,1-2,5,8-9H2/t12-/m0/s1. The van der Waals surface area contributed by atoms with Crippen molar-refractivity contribution in [2.75, 3.05) is 13.1 Å². The first-order valence-corrected chi connectivity index (χ1v) is 6.16. The van der Waals surface area contributed by atoms with Gasteiger partial charge in [-0.3, -0.25) is 4.90 Å². The highest BCUT2D eigenvalue weighted by atomic mass is 35.5. The van der Waals surface area contributed by atoms with Gasteiger partial charge in [0.25, 0.3) is 0 Å². The van der Waals surface area contributed by atoms with Crippen molar-refractivity contribution in [3.8, 4) is 6.07 Å². The van der Waals surface area contributed by atoms with Gasteiger partial charge < -0.3 is 5.11 Å². The van der Waals surface area contributed by atoms with Crippen molar-refractivity contribution in [3.05, 3.63) is 34.3 Å². The number of hydrogen-bond donors (Lipinski definition) is 1. The van der Waals surface area contributed by atoms with Crippen molar-refractivity contribution in [2.45, 2.75) is 25.5 Å². The Hall–Kier alpha value is -1.08. The van der Waals surface area contributed by atoms with Gasteiger partial charge in [0.1, 0.15) is 0 Å². The summed E-state index contributed by atoms with van der Waals surface area (Å²) in [6.45, 7) is 2.44. The van der Waals surface area contributed by atoms with Crippen LogP contribution in [0.2, 0.25) is 5.02 Å². The summed E-state index contributed by atoms with van der Waals surface area (Å²) in [6, 6.07) is 7.43. The van der Waals surface area contributed by atoms with Crippen molar-refractivity contribution in [2.24, 2.45) is 0 Å². The average molecular weight is 251 g/mol. The number of piperidine rings is 1. The van der Waals surface area contributed by atoms with Crippen LogP contribution in [0.3, 0.4) is 0 Å². The predicted molar refractivity (Wildman–Crippen MR) is 66.7 cm³/mol. The summed E-state index contributed by atoms with van der Waals surface area (Å²) in [6.07, 6.45) is 1.69. The van der Waals surface area contributed by atoms with E-state index >= 15 is 0 Å². The predicted octanol–water partition coefficient (Wildman–Crippen LogP) is 2.17. The summed E-state index contributed by atoms with van der Waals surface area (Å²) in [4.78, 5) is 2.20. The Morgan fingerprint density at radius 1 is 1.53 bits per heavy atom. The van der Waals surface area contributed by atoms with Crippen LogP contribution in [-0.4, -0.2) is 29.2 Å². The van der Waals surface area contributed by atoms with Gasteiger partial charge in [0, 0.05) is 18.1 Å². The highest BCUT2D eigenvalue weighted by molar-refractivity contribution is 6.31. The van der Waals surface area contributed by atoms with Crippen molar-refractivity contribution in [1.29, 1.82) is 5.26 Å². The molecule has 1 aromatic rings. The summed E-state index contributed by atoms with van der Waals surface area (Å²) in [5, 5.41) is 19.0. The summed E-state index contributed by atoms with van der Waals surface area (Å²) < 4.78 is 0. The van der Waals surface area contributed by atoms with Gasteiger partial charge in [-0.2, -0.15) is 5.26 Å². The van der Waals surface area contributed by atoms with Gasteiger partial charge in [-0.25, -0.2) is 0 Å². The molecule has 2 rings (SSSR count). The van der Waals surface area contributed by atoms with Crippen LogP contribution in [-0.2, 0) is 6.54 Å². The summed E-state index contributed by atoms with van der Waals surface area (Å²) >= 11 is 6.12. The van der Waals surface area contributed by atoms with E-state index < -0.39 is 0 Å². The topological polar surface area (TPSA) is 47.3 Å². The molecule has 0 radical (unpaired) electrons. The van der Waals surface area contributed by atoms with E-state index in [2.05, 4.69) is 11.0 Å². The monoisotopic (exact) mass is 250 g/mol. The van der Waals surface area contributed by atoms with Crippen LogP contribution in [0.1, 0.15) is 24.0 Å². The smallest absolute Gasteiger partial charge is 0.0992 e. The molecule has 1 N–H and O–H groups in total. The lowest BCUT2D eigenvalue weighted by molar-refractivity contribution is 0.0668. The molecule has 4 heteroatoms. The minimum Gasteiger partial charge on any atom is -0.392 e. The number of rotatable bonds is 2.